The van der Waals surface area contributed by atoms with E-state index < -0.39 is 5.97 Å². The smallest absolute Gasteiger partial charge is 0.306 e. The van der Waals surface area contributed by atoms with E-state index in [9.17, 15) is 4.79 Å². The van der Waals surface area contributed by atoms with Gasteiger partial charge in [-0.3, -0.25) is 4.79 Å². The molecule has 0 amide bonds. The first kappa shape index (κ1) is 10.4. The van der Waals surface area contributed by atoms with Crippen molar-refractivity contribution >= 4 is 5.97 Å². The van der Waals surface area contributed by atoms with Crippen LogP contribution in [0.4, 0.5) is 0 Å². The van der Waals surface area contributed by atoms with Crippen molar-refractivity contribution in [3.8, 4) is 0 Å². The molecule has 0 radical (unpaired) electrons. The summed E-state index contributed by atoms with van der Waals surface area (Å²) in [5.74, 6) is -1.12. The van der Waals surface area contributed by atoms with Crippen LogP contribution in [0.3, 0.4) is 0 Å². The van der Waals surface area contributed by atoms with Gasteiger partial charge in [-0.2, -0.15) is 0 Å². The van der Waals surface area contributed by atoms with Crippen molar-refractivity contribution in [3.63, 3.8) is 0 Å². The zero-order valence-electron chi connectivity index (χ0n) is 7.08. The van der Waals surface area contributed by atoms with Crippen LogP contribution in [-0.4, -0.2) is 22.3 Å². The SMILES string of the molecule is CCC(O)CCC(C)C(=O)O. The Hall–Kier alpha value is -0.570. The molecular formula is C8H16O3. The largest absolute Gasteiger partial charge is 0.481 e. The Bertz CT molecular complexity index is 123. The minimum absolute atomic E-state index is 0.336. The number of aliphatic hydroxyl groups is 1. The van der Waals surface area contributed by atoms with E-state index in [4.69, 9.17) is 10.2 Å². The van der Waals surface area contributed by atoms with Gasteiger partial charge in [-0.15, -0.1) is 0 Å². The number of aliphatic carboxylic acids is 1. The number of hydrogen-bond donors (Lipinski definition) is 2. The molecule has 3 heteroatoms. The second kappa shape index (κ2) is 5.13. The van der Waals surface area contributed by atoms with Gasteiger partial charge in [0.2, 0.25) is 0 Å². The summed E-state index contributed by atoms with van der Waals surface area (Å²) in [5.41, 5.74) is 0. The van der Waals surface area contributed by atoms with Gasteiger partial charge in [0.05, 0.1) is 12.0 Å². The van der Waals surface area contributed by atoms with Crippen molar-refractivity contribution in [1.29, 1.82) is 0 Å². The highest BCUT2D eigenvalue weighted by atomic mass is 16.4. The van der Waals surface area contributed by atoms with Gasteiger partial charge in [-0.1, -0.05) is 13.8 Å². The second-order valence-electron chi connectivity index (χ2n) is 2.88. The molecule has 0 heterocycles. The average Bonchev–Trinajstić information content (AvgIpc) is 1.99. The molecule has 66 valence electrons. The predicted molar refractivity (Wildman–Crippen MR) is 42.3 cm³/mol. The van der Waals surface area contributed by atoms with Gasteiger partial charge in [-0.25, -0.2) is 0 Å². The molecule has 3 nitrogen and oxygen atoms in total. The average molecular weight is 160 g/mol. The summed E-state index contributed by atoms with van der Waals surface area (Å²) in [7, 11) is 0. The van der Waals surface area contributed by atoms with Crippen molar-refractivity contribution in [1.82, 2.24) is 0 Å². The molecule has 0 saturated carbocycles. The van der Waals surface area contributed by atoms with Crippen molar-refractivity contribution in [2.75, 3.05) is 0 Å². The summed E-state index contributed by atoms with van der Waals surface area (Å²) >= 11 is 0. The molecule has 2 unspecified atom stereocenters. The minimum atomic E-state index is -0.784. The molecular weight excluding hydrogens is 144 g/mol. The van der Waals surface area contributed by atoms with Crippen LogP contribution in [0.5, 0.6) is 0 Å². The topological polar surface area (TPSA) is 57.5 Å². The van der Waals surface area contributed by atoms with Crippen molar-refractivity contribution in [3.05, 3.63) is 0 Å². The predicted octanol–water partition coefficient (Wildman–Crippen LogP) is 1.26. The Kier molecular flexibility index (Phi) is 4.86. The summed E-state index contributed by atoms with van der Waals surface area (Å²) in [5, 5.41) is 17.6. The molecule has 0 bridgehead atoms. The van der Waals surface area contributed by atoms with Crippen LogP contribution in [0.2, 0.25) is 0 Å². The first-order valence-electron chi connectivity index (χ1n) is 3.98. The van der Waals surface area contributed by atoms with E-state index in [0.717, 1.165) is 0 Å². The molecule has 0 saturated heterocycles. The normalized spacial score (nSPS) is 15.9. The van der Waals surface area contributed by atoms with Crippen molar-refractivity contribution < 1.29 is 15.0 Å². The lowest BCUT2D eigenvalue weighted by molar-refractivity contribution is -0.141. The molecule has 0 spiro atoms. The van der Waals surface area contributed by atoms with Crippen LogP contribution in [0.15, 0.2) is 0 Å². The molecule has 0 aliphatic rings. The molecule has 0 aromatic rings. The lowest BCUT2D eigenvalue weighted by Crippen LogP contribution is -2.13. The van der Waals surface area contributed by atoms with Gasteiger partial charge in [0.15, 0.2) is 0 Å². The van der Waals surface area contributed by atoms with Gasteiger partial charge in [-0.05, 0) is 19.3 Å². The quantitative estimate of drug-likeness (QED) is 0.636. The van der Waals surface area contributed by atoms with Gasteiger partial charge in [0, 0.05) is 0 Å². The van der Waals surface area contributed by atoms with E-state index in [-0.39, 0.29) is 12.0 Å². The highest BCUT2D eigenvalue weighted by Crippen LogP contribution is 2.09. The van der Waals surface area contributed by atoms with Crippen LogP contribution in [0.1, 0.15) is 33.1 Å². The van der Waals surface area contributed by atoms with Crippen LogP contribution in [0.25, 0.3) is 0 Å². The van der Waals surface area contributed by atoms with Crippen molar-refractivity contribution in [2.45, 2.75) is 39.2 Å². The molecule has 0 aromatic carbocycles. The molecule has 0 aromatic heterocycles. The van der Waals surface area contributed by atoms with Gasteiger partial charge in [0.1, 0.15) is 0 Å². The van der Waals surface area contributed by atoms with E-state index in [2.05, 4.69) is 0 Å². The zero-order valence-corrected chi connectivity index (χ0v) is 7.08. The van der Waals surface area contributed by atoms with Crippen LogP contribution < -0.4 is 0 Å². The fraction of sp³-hybridized carbons (Fsp3) is 0.875. The Labute approximate surface area is 67.0 Å². The maximum Gasteiger partial charge on any atom is 0.306 e. The zero-order chi connectivity index (χ0) is 8.85. The number of carbonyl (C=O) groups is 1. The Morgan fingerprint density at radius 2 is 2.00 bits per heavy atom. The molecule has 2 atom stereocenters. The fourth-order valence-electron chi connectivity index (χ4n) is 0.770. The van der Waals surface area contributed by atoms with E-state index in [1.807, 2.05) is 6.92 Å². The third-order valence-electron chi connectivity index (χ3n) is 1.83. The summed E-state index contributed by atoms with van der Waals surface area (Å²) < 4.78 is 0. The molecule has 11 heavy (non-hydrogen) atoms. The Morgan fingerprint density at radius 3 is 2.36 bits per heavy atom. The fourth-order valence-corrected chi connectivity index (χ4v) is 0.770. The third-order valence-corrected chi connectivity index (χ3v) is 1.83. The highest BCUT2D eigenvalue weighted by Gasteiger charge is 2.12. The van der Waals surface area contributed by atoms with Crippen molar-refractivity contribution in [2.24, 2.45) is 5.92 Å². The maximum atomic E-state index is 10.3. The lowest BCUT2D eigenvalue weighted by Gasteiger charge is -2.09. The molecule has 0 aliphatic heterocycles. The molecule has 2 N–H and O–H groups in total. The van der Waals surface area contributed by atoms with Crippen LogP contribution >= 0.6 is 0 Å². The van der Waals surface area contributed by atoms with E-state index >= 15 is 0 Å². The van der Waals surface area contributed by atoms with E-state index in [0.29, 0.717) is 19.3 Å². The number of carboxylic acid groups (broad SMARTS) is 1. The number of rotatable bonds is 5. The van der Waals surface area contributed by atoms with E-state index in [1.54, 1.807) is 6.92 Å². The minimum Gasteiger partial charge on any atom is -0.481 e. The Balaban J connectivity index is 3.45. The van der Waals surface area contributed by atoms with Crippen LogP contribution in [-0.2, 0) is 4.79 Å². The molecule has 0 aliphatic carbocycles. The first-order chi connectivity index (χ1) is 5.07. The number of hydrogen-bond acceptors (Lipinski definition) is 2. The molecule has 0 rings (SSSR count). The standard InChI is InChI=1S/C8H16O3/c1-3-7(9)5-4-6(2)8(10)11/h6-7,9H,3-5H2,1-2H3,(H,10,11). The summed E-state index contributed by atoms with van der Waals surface area (Å²) in [6.07, 6.45) is 1.51. The third kappa shape index (κ3) is 4.79. The molecule has 0 fully saturated rings. The highest BCUT2D eigenvalue weighted by molar-refractivity contribution is 5.69. The van der Waals surface area contributed by atoms with E-state index in [1.165, 1.54) is 0 Å². The van der Waals surface area contributed by atoms with Gasteiger partial charge < -0.3 is 10.2 Å². The number of carboxylic acids is 1. The summed E-state index contributed by atoms with van der Waals surface area (Å²) in [6.45, 7) is 3.54. The first-order valence-corrected chi connectivity index (χ1v) is 3.98. The Morgan fingerprint density at radius 1 is 1.45 bits per heavy atom. The summed E-state index contributed by atoms with van der Waals surface area (Å²) in [6, 6.07) is 0. The maximum absolute atomic E-state index is 10.3. The lowest BCUT2D eigenvalue weighted by atomic mass is 10.0. The second-order valence-corrected chi connectivity index (χ2v) is 2.88. The number of aliphatic hydroxyl groups excluding tert-OH is 1. The van der Waals surface area contributed by atoms with Crippen LogP contribution in [0, 0.1) is 5.92 Å². The monoisotopic (exact) mass is 160 g/mol. The van der Waals surface area contributed by atoms with Gasteiger partial charge in [0.25, 0.3) is 0 Å². The summed E-state index contributed by atoms with van der Waals surface area (Å²) in [4.78, 5) is 10.3. The van der Waals surface area contributed by atoms with Gasteiger partial charge >= 0.3 is 5.97 Å².